The quantitative estimate of drug-likeness (QED) is 0.840. The maximum absolute atomic E-state index is 5.57. The molecule has 0 amide bonds. The Morgan fingerprint density at radius 3 is 2.76 bits per heavy atom. The van der Waals surface area contributed by atoms with E-state index in [0.29, 0.717) is 23.9 Å². The third-order valence-electron chi connectivity index (χ3n) is 2.12. The van der Waals surface area contributed by atoms with Crippen LogP contribution in [0, 0.1) is 0 Å². The van der Waals surface area contributed by atoms with Crippen LogP contribution in [0.2, 0.25) is 5.35 Å². The van der Waals surface area contributed by atoms with Gasteiger partial charge in [0.25, 0.3) is 0 Å². The molecule has 0 aliphatic heterocycles. The Kier molecular flexibility index (Phi) is 3.49. The lowest BCUT2D eigenvalue weighted by Crippen LogP contribution is -1.95. The van der Waals surface area contributed by atoms with Crippen LogP contribution in [0.1, 0.15) is 6.92 Å². The average Bonchev–Trinajstić information content (AvgIpc) is 2.77. The molecule has 0 saturated heterocycles. The molecule has 6 heteroatoms. The first-order valence-corrected chi connectivity index (χ1v) is 5.42. The van der Waals surface area contributed by atoms with E-state index < -0.39 is 0 Å². The summed E-state index contributed by atoms with van der Waals surface area (Å²) in [7, 11) is 1.57. The number of nitrogens with zero attached hydrogens (tertiary/aromatic N) is 2. The standard InChI is InChI=1S/C11H11ClN2O3/c1-3-16-8-5-4-7(6-9(8)15-2)10-13-11(12)17-14-10/h4-6H,3H2,1-2H3. The number of ether oxygens (including phenoxy) is 2. The molecule has 1 aromatic heterocycles. The summed E-state index contributed by atoms with van der Waals surface area (Å²) in [5.74, 6) is 1.70. The van der Waals surface area contributed by atoms with Crippen molar-refractivity contribution in [1.29, 1.82) is 0 Å². The third-order valence-corrected chi connectivity index (χ3v) is 2.28. The summed E-state index contributed by atoms with van der Waals surface area (Å²) in [4.78, 5) is 3.92. The fourth-order valence-electron chi connectivity index (χ4n) is 1.40. The Morgan fingerprint density at radius 1 is 1.35 bits per heavy atom. The summed E-state index contributed by atoms with van der Waals surface area (Å²) < 4.78 is 15.3. The van der Waals surface area contributed by atoms with Gasteiger partial charge in [-0.15, -0.1) is 0 Å². The minimum absolute atomic E-state index is 0.00727. The molecular weight excluding hydrogens is 244 g/mol. The van der Waals surface area contributed by atoms with Gasteiger partial charge in [-0.05, 0) is 36.7 Å². The predicted molar refractivity (Wildman–Crippen MR) is 62.5 cm³/mol. The molecule has 1 aromatic carbocycles. The number of hydrogen-bond donors (Lipinski definition) is 0. The zero-order valence-corrected chi connectivity index (χ0v) is 10.2. The Morgan fingerprint density at radius 2 is 2.18 bits per heavy atom. The van der Waals surface area contributed by atoms with Crippen molar-refractivity contribution >= 4 is 11.6 Å². The monoisotopic (exact) mass is 254 g/mol. The Labute approximate surface area is 103 Å². The van der Waals surface area contributed by atoms with E-state index in [9.17, 15) is 0 Å². The highest BCUT2D eigenvalue weighted by Crippen LogP contribution is 2.31. The van der Waals surface area contributed by atoms with E-state index in [0.717, 1.165) is 5.56 Å². The fraction of sp³-hybridized carbons (Fsp3) is 0.273. The molecule has 0 aliphatic rings. The van der Waals surface area contributed by atoms with Crippen molar-refractivity contribution in [3.63, 3.8) is 0 Å². The minimum atomic E-state index is 0.00727. The van der Waals surface area contributed by atoms with E-state index in [2.05, 4.69) is 10.1 Å². The molecule has 0 spiro atoms. The van der Waals surface area contributed by atoms with Crippen molar-refractivity contribution in [2.75, 3.05) is 13.7 Å². The van der Waals surface area contributed by atoms with E-state index in [1.54, 1.807) is 19.2 Å². The van der Waals surface area contributed by atoms with Crippen molar-refractivity contribution < 1.29 is 14.0 Å². The second-order valence-electron chi connectivity index (χ2n) is 3.17. The molecule has 0 bridgehead atoms. The first-order valence-electron chi connectivity index (χ1n) is 5.05. The van der Waals surface area contributed by atoms with Gasteiger partial charge in [-0.1, -0.05) is 5.16 Å². The molecule has 1 heterocycles. The van der Waals surface area contributed by atoms with Crippen LogP contribution >= 0.6 is 11.6 Å². The van der Waals surface area contributed by atoms with Crippen molar-refractivity contribution in [1.82, 2.24) is 10.1 Å². The molecule has 0 atom stereocenters. The van der Waals surface area contributed by atoms with Crippen LogP contribution < -0.4 is 9.47 Å². The zero-order valence-electron chi connectivity index (χ0n) is 9.44. The van der Waals surface area contributed by atoms with Crippen LogP contribution in [-0.2, 0) is 0 Å². The first kappa shape index (κ1) is 11.7. The first-order chi connectivity index (χ1) is 8.24. The summed E-state index contributed by atoms with van der Waals surface area (Å²) in [6.07, 6.45) is 0. The van der Waals surface area contributed by atoms with E-state index in [1.165, 1.54) is 0 Å². The van der Waals surface area contributed by atoms with E-state index in [1.807, 2.05) is 13.0 Å². The molecule has 0 fully saturated rings. The Balaban J connectivity index is 2.37. The lowest BCUT2D eigenvalue weighted by atomic mass is 10.2. The number of halogens is 1. The molecule has 0 saturated carbocycles. The lowest BCUT2D eigenvalue weighted by Gasteiger charge is -2.09. The summed E-state index contributed by atoms with van der Waals surface area (Å²) in [5, 5.41) is 3.73. The number of benzene rings is 1. The molecule has 2 rings (SSSR count). The van der Waals surface area contributed by atoms with Gasteiger partial charge in [0, 0.05) is 5.56 Å². The van der Waals surface area contributed by atoms with Crippen LogP contribution in [-0.4, -0.2) is 23.9 Å². The molecule has 0 unspecified atom stereocenters. The van der Waals surface area contributed by atoms with Gasteiger partial charge in [-0.2, -0.15) is 4.98 Å². The number of methoxy groups -OCH3 is 1. The molecule has 5 nitrogen and oxygen atoms in total. The molecular formula is C11H11ClN2O3. The Bertz CT molecular complexity index is 513. The maximum Gasteiger partial charge on any atom is 0.320 e. The SMILES string of the molecule is CCOc1ccc(-c2noc(Cl)n2)cc1OC. The van der Waals surface area contributed by atoms with Crippen LogP contribution in [0.5, 0.6) is 11.5 Å². The van der Waals surface area contributed by atoms with Crippen LogP contribution in [0.4, 0.5) is 0 Å². The normalized spacial score (nSPS) is 10.3. The summed E-state index contributed by atoms with van der Waals surface area (Å²) in [5.41, 5.74) is 0.751. The van der Waals surface area contributed by atoms with E-state index >= 15 is 0 Å². The number of rotatable bonds is 4. The second kappa shape index (κ2) is 5.05. The van der Waals surface area contributed by atoms with Crippen molar-refractivity contribution in [3.8, 4) is 22.9 Å². The van der Waals surface area contributed by atoms with E-state index in [-0.39, 0.29) is 5.35 Å². The summed E-state index contributed by atoms with van der Waals surface area (Å²) in [6.45, 7) is 2.48. The highest BCUT2D eigenvalue weighted by molar-refractivity contribution is 6.27. The summed E-state index contributed by atoms with van der Waals surface area (Å²) in [6, 6.07) is 5.38. The lowest BCUT2D eigenvalue weighted by molar-refractivity contribution is 0.311. The topological polar surface area (TPSA) is 57.4 Å². The fourth-order valence-corrected chi connectivity index (χ4v) is 1.52. The Hall–Kier alpha value is -1.75. The van der Waals surface area contributed by atoms with E-state index in [4.69, 9.17) is 25.6 Å². The van der Waals surface area contributed by atoms with Gasteiger partial charge < -0.3 is 14.0 Å². The van der Waals surface area contributed by atoms with Gasteiger partial charge in [0.05, 0.1) is 13.7 Å². The smallest absolute Gasteiger partial charge is 0.320 e. The molecule has 17 heavy (non-hydrogen) atoms. The number of aromatic nitrogens is 2. The molecule has 90 valence electrons. The molecule has 2 aromatic rings. The second-order valence-corrected chi connectivity index (χ2v) is 3.49. The molecule has 0 aliphatic carbocycles. The van der Waals surface area contributed by atoms with Gasteiger partial charge in [0.15, 0.2) is 11.5 Å². The average molecular weight is 255 g/mol. The zero-order chi connectivity index (χ0) is 12.3. The van der Waals surface area contributed by atoms with Crippen LogP contribution in [0.3, 0.4) is 0 Å². The van der Waals surface area contributed by atoms with Crippen molar-refractivity contribution in [3.05, 3.63) is 23.5 Å². The minimum Gasteiger partial charge on any atom is -0.493 e. The van der Waals surface area contributed by atoms with Crippen LogP contribution in [0.15, 0.2) is 22.7 Å². The van der Waals surface area contributed by atoms with Gasteiger partial charge in [-0.3, -0.25) is 0 Å². The van der Waals surface area contributed by atoms with Gasteiger partial charge in [0.1, 0.15) is 0 Å². The third kappa shape index (κ3) is 2.50. The number of hydrogen-bond acceptors (Lipinski definition) is 5. The highest BCUT2D eigenvalue weighted by Gasteiger charge is 2.11. The molecule has 0 radical (unpaired) electrons. The predicted octanol–water partition coefficient (Wildman–Crippen LogP) is 2.80. The largest absolute Gasteiger partial charge is 0.493 e. The van der Waals surface area contributed by atoms with Gasteiger partial charge in [-0.25, -0.2) is 0 Å². The summed E-state index contributed by atoms with van der Waals surface area (Å²) >= 11 is 5.57. The van der Waals surface area contributed by atoms with Gasteiger partial charge >= 0.3 is 5.35 Å². The molecule has 0 N–H and O–H groups in total. The van der Waals surface area contributed by atoms with Crippen molar-refractivity contribution in [2.24, 2.45) is 0 Å². The van der Waals surface area contributed by atoms with Crippen molar-refractivity contribution in [2.45, 2.75) is 6.92 Å². The van der Waals surface area contributed by atoms with Crippen LogP contribution in [0.25, 0.3) is 11.4 Å². The maximum atomic E-state index is 5.57. The van der Waals surface area contributed by atoms with Gasteiger partial charge in [0.2, 0.25) is 5.82 Å². The highest BCUT2D eigenvalue weighted by atomic mass is 35.5.